The lowest BCUT2D eigenvalue weighted by atomic mass is 10.2. The van der Waals surface area contributed by atoms with Gasteiger partial charge in [0, 0.05) is 40.8 Å². The van der Waals surface area contributed by atoms with Crippen LogP contribution < -0.4 is 14.2 Å². The second-order valence-corrected chi connectivity index (χ2v) is 8.31. The number of hydrogen-bond donors (Lipinski definition) is 1. The fourth-order valence-electron chi connectivity index (χ4n) is 2.88. The third-order valence-corrected chi connectivity index (χ3v) is 6.21. The van der Waals surface area contributed by atoms with Gasteiger partial charge in [-0.3, -0.25) is 14.8 Å². The van der Waals surface area contributed by atoms with E-state index < -0.39 is 27.7 Å². The van der Waals surface area contributed by atoms with Gasteiger partial charge >= 0.3 is 12.1 Å². The van der Waals surface area contributed by atoms with Crippen LogP contribution in [0.15, 0.2) is 45.8 Å². The van der Waals surface area contributed by atoms with Gasteiger partial charge in [-0.25, -0.2) is 0 Å². The molecule has 0 radical (unpaired) electrons. The summed E-state index contributed by atoms with van der Waals surface area (Å²) in [5.74, 6) is -0.655. The van der Waals surface area contributed by atoms with Crippen LogP contribution in [0.4, 0.5) is 18.9 Å². The van der Waals surface area contributed by atoms with E-state index in [0.29, 0.717) is 22.9 Å². The lowest BCUT2D eigenvalue weighted by Crippen LogP contribution is -2.09. The average molecular weight is 484 g/mol. The third kappa shape index (κ3) is 5.49. The van der Waals surface area contributed by atoms with Gasteiger partial charge in [-0.15, -0.1) is 0 Å². The monoisotopic (exact) mass is 484 g/mol. The molecule has 0 fully saturated rings. The van der Waals surface area contributed by atoms with Crippen molar-refractivity contribution < 1.29 is 32.1 Å². The van der Waals surface area contributed by atoms with Crippen molar-refractivity contribution in [1.29, 1.82) is 0 Å². The Morgan fingerprint density at radius 1 is 1.21 bits per heavy atom. The molecule has 1 aromatic heterocycles. The number of alkyl halides is 3. The Hall–Kier alpha value is -3.45. The lowest BCUT2D eigenvalue weighted by Gasteiger charge is -2.16. The number of nitro groups is 1. The molecule has 0 aliphatic heterocycles. The molecule has 1 atom stereocenters. The second kappa shape index (κ2) is 10.0. The minimum atomic E-state index is -4.81. The first-order valence-corrected chi connectivity index (χ1v) is 10.6. The minimum absolute atomic E-state index is 0.176. The number of ether oxygens (including phenoxy) is 2. The fraction of sp³-hybridized carbons (Fsp3) is 0.250. The second-order valence-electron chi connectivity index (χ2n) is 6.43. The Balaban J connectivity index is 1.99. The topological polar surface area (TPSA) is 113 Å². The van der Waals surface area contributed by atoms with Crippen molar-refractivity contribution in [3.8, 4) is 22.9 Å². The highest BCUT2D eigenvalue weighted by atomic mass is 32.2. The Morgan fingerprint density at radius 3 is 2.55 bits per heavy atom. The van der Waals surface area contributed by atoms with Crippen LogP contribution in [0.1, 0.15) is 18.4 Å². The quantitative estimate of drug-likeness (QED) is 0.275. The molecule has 13 heteroatoms. The van der Waals surface area contributed by atoms with Crippen LogP contribution in [-0.4, -0.2) is 34.7 Å². The molecule has 1 unspecified atom stereocenters. The molecule has 3 rings (SSSR count). The van der Waals surface area contributed by atoms with Gasteiger partial charge in [0.1, 0.15) is 11.5 Å². The zero-order valence-electron chi connectivity index (χ0n) is 17.7. The van der Waals surface area contributed by atoms with Gasteiger partial charge in [0.25, 0.3) is 5.69 Å². The van der Waals surface area contributed by atoms with Crippen molar-refractivity contribution in [3.05, 3.63) is 58.0 Å². The number of hydrogen-bond acceptors (Lipinski definition) is 8. The number of benzene rings is 2. The van der Waals surface area contributed by atoms with E-state index in [1.807, 2.05) is 0 Å². The van der Waals surface area contributed by atoms with Gasteiger partial charge in [-0.2, -0.15) is 18.2 Å². The van der Waals surface area contributed by atoms with Crippen LogP contribution in [-0.2, 0) is 12.7 Å². The van der Waals surface area contributed by atoms with Gasteiger partial charge < -0.3 is 14.0 Å². The highest BCUT2D eigenvalue weighted by Gasteiger charge is 2.38. The summed E-state index contributed by atoms with van der Waals surface area (Å²) in [6.07, 6.45) is -4.81. The summed E-state index contributed by atoms with van der Waals surface area (Å²) in [6, 6.07) is 9.01. The summed E-state index contributed by atoms with van der Waals surface area (Å²) in [5, 5.41) is 16.5. The molecule has 1 heterocycles. The third-order valence-electron chi connectivity index (χ3n) is 4.47. The number of non-ortho nitro benzene ring substituents is 1. The fourth-order valence-corrected chi connectivity index (χ4v) is 4.41. The maximum Gasteiger partial charge on any atom is 0.471 e. The van der Waals surface area contributed by atoms with Crippen molar-refractivity contribution >= 4 is 21.7 Å². The standard InChI is InChI=1S/C20H19F3N4O5S/c1-4-33(24-11-12-5-7-14(30-2)10-16(12)31-3)17-9-13(27(28)29)6-8-15(17)18-25-19(32-26-18)20(21,22)23/h4-10,24H,11H2,1-3H3. The predicted octanol–water partition coefficient (Wildman–Crippen LogP) is 4.84. The van der Waals surface area contributed by atoms with E-state index in [1.54, 1.807) is 30.5 Å². The summed E-state index contributed by atoms with van der Waals surface area (Å²) in [4.78, 5) is 14.5. The number of aromatic nitrogens is 2. The summed E-state index contributed by atoms with van der Waals surface area (Å²) in [6.45, 7) is 2.02. The van der Waals surface area contributed by atoms with Crippen molar-refractivity contribution in [3.63, 3.8) is 0 Å². The zero-order valence-corrected chi connectivity index (χ0v) is 18.5. The van der Waals surface area contributed by atoms with Crippen molar-refractivity contribution in [2.75, 3.05) is 14.2 Å². The predicted molar refractivity (Wildman–Crippen MR) is 115 cm³/mol. The molecule has 0 aliphatic rings. The normalized spacial score (nSPS) is 12.5. The molecule has 0 saturated heterocycles. The van der Waals surface area contributed by atoms with Crippen molar-refractivity contribution in [2.45, 2.75) is 24.5 Å². The highest BCUT2D eigenvalue weighted by Crippen LogP contribution is 2.37. The summed E-state index contributed by atoms with van der Waals surface area (Å²) >= 11 is 0. The first kappa shape index (κ1) is 24.2. The van der Waals surface area contributed by atoms with Gasteiger partial charge in [0.15, 0.2) is 0 Å². The lowest BCUT2D eigenvalue weighted by molar-refractivity contribution is -0.385. The molecule has 2 aromatic carbocycles. The molecule has 3 aromatic rings. The first-order valence-electron chi connectivity index (χ1n) is 9.34. The van der Waals surface area contributed by atoms with Crippen molar-refractivity contribution in [2.24, 2.45) is 0 Å². The SMILES string of the molecule is C/C=S(/NCc1ccc(OC)cc1OC)c1cc([N+](=O)[O-])ccc1-c1noc(C(F)(F)F)n1. The van der Waals surface area contributed by atoms with Crippen molar-refractivity contribution in [1.82, 2.24) is 14.9 Å². The molecule has 0 saturated carbocycles. The molecule has 33 heavy (non-hydrogen) atoms. The number of nitro benzene ring substituents is 1. The van der Waals surface area contributed by atoms with Crippen LogP contribution >= 0.6 is 10.7 Å². The number of rotatable bonds is 8. The van der Waals surface area contributed by atoms with E-state index >= 15 is 0 Å². The van der Waals surface area contributed by atoms with E-state index in [-0.39, 0.29) is 17.1 Å². The van der Waals surface area contributed by atoms with Crippen LogP contribution in [0.5, 0.6) is 11.5 Å². The van der Waals surface area contributed by atoms with E-state index in [2.05, 4.69) is 19.4 Å². The largest absolute Gasteiger partial charge is 0.497 e. The molecular weight excluding hydrogens is 465 g/mol. The first-order chi connectivity index (χ1) is 15.7. The molecule has 0 aliphatic carbocycles. The van der Waals surface area contributed by atoms with Gasteiger partial charge in [0.2, 0.25) is 5.82 Å². The smallest absolute Gasteiger partial charge is 0.471 e. The minimum Gasteiger partial charge on any atom is -0.497 e. The molecule has 0 bridgehead atoms. The maximum absolute atomic E-state index is 12.9. The summed E-state index contributed by atoms with van der Waals surface area (Å²) in [7, 11) is 2.11. The van der Waals surface area contributed by atoms with Gasteiger partial charge in [-0.1, -0.05) is 21.9 Å². The van der Waals surface area contributed by atoms with Crippen LogP contribution in [0, 0.1) is 10.1 Å². The number of nitrogens with one attached hydrogen (secondary N) is 1. The summed E-state index contributed by atoms with van der Waals surface area (Å²) in [5.41, 5.74) is 0.732. The molecule has 1 N–H and O–H groups in total. The van der Waals surface area contributed by atoms with E-state index in [0.717, 1.165) is 5.56 Å². The number of methoxy groups -OCH3 is 2. The Bertz CT molecular complexity index is 1200. The molecule has 0 amide bonds. The van der Waals surface area contributed by atoms with E-state index in [9.17, 15) is 23.3 Å². The Labute approximate surface area is 188 Å². The van der Waals surface area contributed by atoms with Crippen LogP contribution in [0.25, 0.3) is 11.4 Å². The Kier molecular flexibility index (Phi) is 7.33. The van der Waals surface area contributed by atoms with Gasteiger partial charge in [0.05, 0.1) is 19.1 Å². The zero-order chi connectivity index (χ0) is 24.2. The van der Waals surface area contributed by atoms with Crippen LogP contribution in [0.2, 0.25) is 0 Å². The van der Waals surface area contributed by atoms with Crippen LogP contribution in [0.3, 0.4) is 0 Å². The number of nitrogens with zero attached hydrogens (tertiary/aromatic N) is 3. The maximum atomic E-state index is 12.9. The Morgan fingerprint density at radius 2 is 1.97 bits per heavy atom. The number of halogens is 3. The molecule has 176 valence electrons. The molecular formula is C20H19F3N4O5S. The van der Waals surface area contributed by atoms with Gasteiger partial charge in [-0.05, 0) is 24.4 Å². The van der Waals surface area contributed by atoms with E-state index in [1.165, 1.54) is 32.4 Å². The summed E-state index contributed by atoms with van der Waals surface area (Å²) < 4.78 is 56.9. The average Bonchev–Trinajstić information content (AvgIpc) is 3.30. The molecule has 0 spiro atoms. The van der Waals surface area contributed by atoms with E-state index in [4.69, 9.17) is 9.47 Å². The molecule has 9 nitrogen and oxygen atoms in total. The highest BCUT2D eigenvalue weighted by molar-refractivity contribution is 8.13.